The number of amides is 3. The fourth-order valence-corrected chi connectivity index (χ4v) is 2.64. The van der Waals surface area contributed by atoms with E-state index in [1.165, 1.54) is 18.2 Å². The molecule has 6 heteroatoms. The molecule has 1 aliphatic heterocycles. The number of halogens is 1. The van der Waals surface area contributed by atoms with Crippen molar-refractivity contribution < 1.29 is 14.0 Å². The Balaban J connectivity index is 1.68. The second kappa shape index (κ2) is 7.12. The van der Waals surface area contributed by atoms with Crippen molar-refractivity contribution in [3.8, 4) is 0 Å². The highest BCUT2D eigenvalue weighted by atomic mass is 19.1. The van der Waals surface area contributed by atoms with Crippen LogP contribution in [0, 0.1) is 5.82 Å². The Hall–Kier alpha value is -2.89. The van der Waals surface area contributed by atoms with Crippen molar-refractivity contribution in [3.05, 3.63) is 59.9 Å². The van der Waals surface area contributed by atoms with Gasteiger partial charge in [0.15, 0.2) is 0 Å². The molecule has 2 N–H and O–H groups in total. The summed E-state index contributed by atoms with van der Waals surface area (Å²) in [6.45, 7) is 1.52. The molecule has 1 aliphatic rings. The van der Waals surface area contributed by atoms with Crippen LogP contribution >= 0.6 is 0 Å². The summed E-state index contributed by atoms with van der Waals surface area (Å²) in [7, 11) is 0. The average molecular weight is 327 g/mol. The van der Waals surface area contributed by atoms with E-state index in [9.17, 15) is 14.0 Å². The summed E-state index contributed by atoms with van der Waals surface area (Å²) in [5.74, 6) is -1.11. The Labute approximate surface area is 139 Å². The number of hydrogen-bond acceptors (Lipinski definition) is 2. The molecule has 0 aromatic heterocycles. The summed E-state index contributed by atoms with van der Waals surface area (Å²) in [5, 5.41) is 5.45. The van der Waals surface area contributed by atoms with Crippen LogP contribution in [0.2, 0.25) is 0 Å². The highest BCUT2D eigenvalue weighted by Crippen LogP contribution is 2.18. The van der Waals surface area contributed by atoms with E-state index >= 15 is 0 Å². The fraction of sp³-hybridized carbons (Fsp3) is 0.222. The van der Waals surface area contributed by atoms with Crippen molar-refractivity contribution in [3.63, 3.8) is 0 Å². The summed E-state index contributed by atoms with van der Waals surface area (Å²) < 4.78 is 13.6. The first-order chi connectivity index (χ1) is 11.6. The molecule has 1 fully saturated rings. The number of benzene rings is 2. The molecule has 124 valence electrons. The lowest BCUT2D eigenvalue weighted by Crippen LogP contribution is -2.32. The topological polar surface area (TPSA) is 61.4 Å². The number of likely N-dealkylation sites (tertiary alicyclic amines) is 1. The summed E-state index contributed by atoms with van der Waals surface area (Å²) in [6.07, 6.45) is 2.04. The third-order valence-corrected chi connectivity index (χ3v) is 3.88. The van der Waals surface area contributed by atoms with Gasteiger partial charge in [-0.1, -0.05) is 18.2 Å². The summed E-state index contributed by atoms with van der Waals surface area (Å²) in [4.78, 5) is 26.0. The Morgan fingerprint density at radius 3 is 2.29 bits per heavy atom. The minimum atomic E-state index is -0.575. The van der Waals surface area contributed by atoms with Crippen molar-refractivity contribution in [2.45, 2.75) is 12.8 Å². The van der Waals surface area contributed by atoms with E-state index < -0.39 is 11.7 Å². The predicted molar refractivity (Wildman–Crippen MR) is 90.6 cm³/mol. The van der Waals surface area contributed by atoms with Gasteiger partial charge >= 0.3 is 6.03 Å². The molecule has 0 atom stereocenters. The smallest absolute Gasteiger partial charge is 0.321 e. The Kier molecular flexibility index (Phi) is 4.74. The largest absolute Gasteiger partial charge is 0.325 e. The van der Waals surface area contributed by atoms with Crippen LogP contribution in [0.5, 0.6) is 0 Å². The molecular formula is C18H18FN3O2. The number of nitrogens with zero attached hydrogens (tertiary/aromatic N) is 1. The summed E-state index contributed by atoms with van der Waals surface area (Å²) in [6, 6.07) is 12.4. The molecule has 3 amide bonds. The zero-order valence-corrected chi connectivity index (χ0v) is 13.1. The Morgan fingerprint density at radius 2 is 1.58 bits per heavy atom. The van der Waals surface area contributed by atoms with Crippen LogP contribution in [0.1, 0.15) is 23.2 Å². The molecule has 1 saturated heterocycles. The Bertz CT molecular complexity index is 757. The van der Waals surface area contributed by atoms with Gasteiger partial charge in [-0.05, 0) is 43.2 Å². The molecule has 0 saturated carbocycles. The molecule has 2 aromatic carbocycles. The average Bonchev–Trinajstić information content (AvgIpc) is 3.10. The maximum Gasteiger partial charge on any atom is 0.321 e. The number of carbonyl (C=O) groups is 2. The first-order valence-corrected chi connectivity index (χ1v) is 7.85. The van der Waals surface area contributed by atoms with Crippen molar-refractivity contribution in [1.29, 1.82) is 0 Å². The van der Waals surface area contributed by atoms with Crippen LogP contribution in [0.15, 0.2) is 48.5 Å². The van der Waals surface area contributed by atoms with Gasteiger partial charge in [-0.25, -0.2) is 9.18 Å². The van der Waals surface area contributed by atoms with Gasteiger partial charge in [0.05, 0.1) is 5.56 Å². The zero-order valence-electron chi connectivity index (χ0n) is 13.1. The number of anilines is 2. The number of carbonyl (C=O) groups excluding carboxylic acids is 2. The van der Waals surface area contributed by atoms with Crippen LogP contribution in [0.25, 0.3) is 0 Å². The molecular weight excluding hydrogens is 309 g/mol. The molecule has 1 heterocycles. The quantitative estimate of drug-likeness (QED) is 0.903. The van der Waals surface area contributed by atoms with Crippen molar-refractivity contribution in [1.82, 2.24) is 4.90 Å². The maximum absolute atomic E-state index is 13.6. The first-order valence-electron chi connectivity index (χ1n) is 7.85. The van der Waals surface area contributed by atoms with E-state index in [1.54, 1.807) is 35.2 Å². The summed E-state index contributed by atoms with van der Waals surface area (Å²) in [5.41, 5.74) is 1.05. The Morgan fingerprint density at radius 1 is 0.917 bits per heavy atom. The molecule has 0 unspecified atom stereocenters. The third kappa shape index (κ3) is 3.71. The number of nitrogens with one attached hydrogen (secondary N) is 2. The van der Waals surface area contributed by atoms with Crippen molar-refractivity contribution in [2.24, 2.45) is 0 Å². The highest BCUT2D eigenvalue weighted by molar-refractivity contribution is 6.04. The van der Waals surface area contributed by atoms with Crippen LogP contribution in [-0.4, -0.2) is 29.9 Å². The second-order valence-corrected chi connectivity index (χ2v) is 5.64. The lowest BCUT2D eigenvalue weighted by atomic mass is 10.2. The van der Waals surface area contributed by atoms with E-state index in [0.29, 0.717) is 11.4 Å². The normalized spacial score (nSPS) is 13.6. The SMILES string of the molecule is O=C(Nc1cccc(NC(=O)N2CCCC2)c1)c1ccccc1F. The van der Waals surface area contributed by atoms with E-state index in [1.807, 2.05) is 0 Å². The number of urea groups is 1. The van der Waals surface area contributed by atoms with Gasteiger partial charge in [0.1, 0.15) is 5.82 Å². The third-order valence-electron chi connectivity index (χ3n) is 3.88. The van der Waals surface area contributed by atoms with Crippen molar-refractivity contribution >= 4 is 23.3 Å². The van der Waals surface area contributed by atoms with Gasteiger partial charge in [0, 0.05) is 24.5 Å². The molecule has 0 spiro atoms. The highest BCUT2D eigenvalue weighted by Gasteiger charge is 2.18. The predicted octanol–water partition coefficient (Wildman–Crippen LogP) is 3.71. The first kappa shape index (κ1) is 16.0. The second-order valence-electron chi connectivity index (χ2n) is 5.64. The molecule has 0 bridgehead atoms. The molecule has 0 radical (unpaired) electrons. The van der Waals surface area contributed by atoms with E-state index in [2.05, 4.69) is 10.6 Å². The standard InChI is InChI=1S/C18H18FN3O2/c19-16-9-2-1-8-15(16)17(23)20-13-6-5-7-14(12-13)21-18(24)22-10-3-4-11-22/h1-2,5-9,12H,3-4,10-11H2,(H,20,23)(H,21,24). The van der Waals surface area contributed by atoms with Gasteiger partial charge in [-0.3, -0.25) is 4.79 Å². The fourth-order valence-electron chi connectivity index (χ4n) is 2.64. The lowest BCUT2D eigenvalue weighted by molar-refractivity contribution is 0.102. The van der Waals surface area contributed by atoms with E-state index in [4.69, 9.17) is 0 Å². The van der Waals surface area contributed by atoms with Crippen LogP contribution < -0.4 is 10.6 Å². The van der Waals surface area contributed by atoms with Crippen molar-refractivity contribution in [2.75, 3.05) is 23.7 Å². The minimum Gasteiger partial charge on any atom is -0.325 e. The number of hydrogen-bond donors (Lipinski definition) is 2. The van der Waals surface area contributed by atoms with Gasteiger partial charge in [0.2, 0.25) is 0 Å². The maximum atomic E-state index is 13.6. The van der Waals surface area contributed by atoms with E-state index in [0.717, 1.165) is 25.9 Å². The van der Waals surface area contributed by atoms with Crippen LogP contribution in [0.4, 0.5) is 20.6 Å². The minimum absolute atomic E-state index is 0.0241. The molecule has 5 nitrogen and oxygen atoms in total. The van der Waals surface area contributed by atoms with Crippen LogP contribution in [0.3, 0.4) is 0 Å². The molecule has 24 heavy (non-hydrogen) atoms. The van der Waals surface area contributed by atoms with Gasteiger partial charge in [0.25, 0.3) is 5.91 Å². The molecule has 2 aromatic rings. The van der Waals surface area contributed by atoms with Gasteiger partial charge in [-0.15, -0.1) is 0 Å². The monoisotopic (exact) mass is 327 g/mol. The summed E-state index contributed by atoms with van der Waals surface area (Å²) >= 11 is 0. The molecule has 3 rings (SSSR count). The zero-order chi connectivity index (χ0) is 16.9. The number of rotatable bonds is 3. The van der Waals surface area contributed by atoms with Gasteiger partial charge in [-0.2, -0.15) is 0 Å². The molecule has 0 aliphatic carbocycles. The lowest BCUT2D eigenvalue weighted by Gasteiger charge is -2.16. The van der Waals surface area contributed by atoms with Crippen LogP contribution in [-0.2, 0) is 0 Å². The van der Waals surface area contributed by atoms with E-state index in [-0.39, 0.29) is 11.6 Å². The van der Waals surface area contributed by atoms with Gasteiger partial charge < -0.3 is 15.5 Å².